The molecular weight excluding hydrogens is 281 g/mol. The average Bonchev–Trinajstić information content (AvgIpc) is 2.72. The van der Waals surface area contributed by atoms with Crippen LogP contribution in [-0.2, 0) is 9.84 Å². The van der Waals surface area contributed by atoms with Gasteiger partial charge in [0, 0.05) is 0 Å². The minimum absolute atomic E-state index is 0.0980. The van der Waals surface area contributed by atoms with Gasteiger partial charge >= 0.3 is 0 Å². The third-order valence-corrected chi connectivity index (χ3v) is 5.74. The van der Waals surface area contributed by atoms with Crippen molar-refractivity contribution in [3.05, 3.63) is 30.1 Å². The molecule has 1 spiro atoms. The summed E-state index contributed by atoms with van der Waals surface area (Å²) in [6.45, 7) is 0.419. The maximum absolute atomic E-state index is 14.0. The van der Waals surface area contributed by atoms with Crippen LogP contribution in [-0.4, -0.2) is 38.0 Å². The standard InChI is InChI=1S/C13H16FN3O2S/c14-10-3-1-2-4-11(10)17-12(15)16-9-13(17)5-7-20(18,19)8-6-13/h1-4H,5-9H2,(H2,15,16). The molecule has 5 nitrogen and oxygen atoms in total. The minimum atomic E-state index is -2.99. The van der Waals surface area contributed by atoms with E-state index in [0.717, 1.165) is 0 Å². The van der Waals surface area contributed by atoms with E-state index >= 15 is 0 Å². The van der Waals surface area contributed by atoms with Gasteiger partial charge in [-0.2, -0.15) is 0 Å². The van der Waals surface area contributed by atoms with Gasteiger partial charge in [0.15, 0.2) is 15.8 Å². The number of para-hydroxylation sites is 1. The van der Waals surface area contributed by atoms with Crippen molar-refractivity contribution in [2.45, 2.75) is 18.4 Å². The number of hydrogen-bond donors (Lipinski definition) is 1. The van der Waals surface area contributed by atoms with Crippen LogP contribution in [0, 0.1) is 5.82 Å². The highest BCUT2D eigenvalue weighted by molar-refractivity contribution is 7.91. The van der Waals surface area contributed by atoms with Crippen molar-refractivity contribution in [2.75, 3.05) is 23.0 Å². The van der Waals surface area contributed by atoms with Crippen LogP contribution in [0.25, 0.3) is 0 Å². The fraction of sp³-hybridized carbons (Fsp3) is 0.462. The van der Waals surface area contributed by atoms with Gasteiger partial charge in [0.1, 0.15) is 5.82 Å². The number of nitrogens with zero attached hydrogens (tertiary/aromatic N) is 2. The first kappa shape index (κ1) is 13.4. The molecule has 20 heavy (non-hydrogen) atoms. The van der Waals surface area contributed by atoms with E-state index < -0.39 is 15.4 Å². The highest BCUT2D eigenvalue weighted by atomic mass is 32.2. The van der Waals surface area contributed by atoms with Crippen LogP contribution >= 0.6 is 0 Å². The van der Waals surface area contributed by atoms with E-state index in [1.54, 1.807) is 23.1 Å². The summed E-state index contributed by atoms with van der Waals surface area (Å²) in [6, 6.07) is 6.36. The van der Waals surface area contributed by atoms with Crippen molar-refractivity contribution < 1.29 is 12.8 Å². The molecule has 1 aromatic rings. The Balaban J connectivity index is 2.00. The third-order valence-electron chi connectivity index (χ3n) is 4.09. The maximum atomic E-state index is 14.0. The van der Waals surface area contributed by atoms with Gasteiger partial charge in [-0.15, -0.1) is 0 Å². The molecule has 2 aliphatic heterocycles. The molecular formula is C13H16FN3O2S. The molecule has 0 amide bonds. The molecule has 0 radical (unpaired) electrons. The van der Waals surface area contributed by atoms with Gasteiger partial charge < -0.3 is 10.6 Å². The smallest absolute Gasteiger partial charge is 0.196 e. The Morgan fingerprint density at radius 1 is 1.25 bits per heavy atom. The van der Waals surface area contributed by atoms with Gasteiger partial charge in [0.05, 0.1) is 29.3 Å². The zero-order valence-electron chi connectivity index (χ0n) is 10.9. The Morgan fingerprint density at radius 2 is 1.90 bits per heavy atom. The fourth-order valence-corrected chi connectivity index (χ4v) is 4.51. The molecule has 2 heterocycles. The average molecular weight is 297 g/mol. The van der Waals surface area contributed by atoms with Crippen LogP contribution < -0.4 is 10.6 Å². The van der Waals surface area contributed by atoms with Crippen LogP contribution in [0.5, 0.6) is 0 Å². The summed E-state index contributed by atoms with van der Waals surface area (Å²) < 4.78 is 37.3. The zero-order valence-corrected chi connectivity index (χ0v) is 11.7. The number of halogens is 1. The summed E-state index contributed by atoms with van der Waals surface area (Å²) in [5.41, 5.74) is 5.78. The van der Waals surface area contributed by atoms with Crippen LogP contribution in [0.2, 0.25) is 0 Å². The SMILES string of the molecule is NC1=NCC2(CCS(=O)(=O)CC2)N1c1ccccc1F. The van der Waals surface area contributed by atoms with E-state index in [1.165, 1.54) is 6.07 Å². The first-order valence-corrected chi connectivity index (χ1v) is 8.31. The zero-order chi connectivity index (χ0) is 14.4. The van der Waals surface area contributed by atoms with Gasteiger partial charge in [-0.25, -0.2) is 12.8 Å². The third kappa shape index (κ3) is 2.06. The van der Waals surface area contributed by atoms with E-state index in [2.05, 4.69) is 4.99 Å². The lowest BCUT2D eigenvalue weighted by Gasteiger charge is -2.41. The number of hydrogen-bond acceptors (Lipinski definition) is 5. The lowest BCUT2D eigenvalue weighted by molar-refractivity contribution is 0.405. The van der Waals surface area contributed by atoms with Gasteiger partial charge in [0.2, 0.25) is 0 Å². The molecule has 7 heteroatoms. The minimum Gasteiger partial charge on any atom is -0.369 e. The van der Waals surface area contributed by atoms with Crippen molar-refractivity contribution >= 4 is 21.5 Å². The molecule has 3 rings (SSSR count). The fourth-order valence-electron chi connectivity index (χ4n) is 2.92. The summed E-state index contributed by atoms with van der Waals surface area (Å²) in [6.07, 6.45) is 0.849. The van der Waals surface area contributed by atoms with Gasteiger partial charge in [-0.1, -0.05) is 12.1 Å². The largest absolute Gasteiger partial charge is 0.369 e. The molecule has 108 valence electrons. The number of guanidine groups is 1. The van der Waals surface area contributed by atoms with Crippen LogP contribution in [0.15, 0.2) is 29.3 Å². The maximum Gasteiger partial charge on any atom is 0.196 e. The quantitative estimate of drug-likeness (QED) is 0.836. The van der Waals surface area contributed by atoms with Crippen LogP contribution in [0.4, 0.5) is 10.1 Å². The van der Waals surface area contributed by atoms with Gasteiger partial charge in [-0.05, 0) is 25.0 Å². The summed E-state index contributed by atoms with van der Waals surface area (Å²) in [4.78, 5) is 5.90. The highest BCUT2D eigenvalue weighted by Crippen LogP contribution is 2.38. The molecule has 0 unspecified atom stereocenters. The second kappa shape index (κ2) is 4.44. The number of rotatable bonds is 1. The number of aliphatic imine (C=N–C) groups is 1. The van der Waals surface area contributed by atoms with Crippen LogP contribution in [0.1, 0.15) is 12.8 Å². The molecule has 2 aliphatic rings. The van der Waals surface area contributed by atoms with E-state index in [9.17, 15) is 12.8 Å². The summed E-state index contributed by atoms with van der Waals surface area (Å²) >= 11 is 0. The van der Waals surface area contributed by atoms with E-state index in [-0.39, 0.29) is 23.3 Å². The van der Waals surface area contributed by atoms with Crippen molar-refractivity contribution in [3.8, 4) is 0 Å². The second-order valence-corrected chi connectivity index (χ2v) is 7.64. The normalized spacial score (nSPS) is 23.9. The Hall–Kier alpha value is -1.63. The Kier molecular flexibility index (Phi) is 2.97. The highest BCUT2D eigenvalue weighted by Gasteiger charge is 2.47. The Bertz CT molecular complexity index is 658. The molecule has 1 saturated heterocycles. The number of benzene rings is 1. The first-order valence-electron chi connectivity index (χ1n) is 6.49. The summed E-state index contributed by atoms with van der Waals surface area (Å²) in [5, 5.41) is 0. The second-order valence-electron chi connectivity index (χ2n) is 5.34. The van der Waals surface area contributed by atoms with Crippen LogP contribution in [0.3, 0.4) is 0 Å². The summed E-state index contributed by atoms with van der Waals surface area (Å²) in [5.74, 6) is 0.0800. The molecule has 2 N–H and O–H groups in total. The predicted molar refractivity (Wildman–Crippen MR) is 76.0 cm³/mol. The summed E-state index contributed by atoms with van der Waals surface area (Å²) in [7, 11) is -2.99. The number of nitrogens with two attached hydrogens (primary N) is 1. The van der Waals surface area contributed by atoms with Gasteiger partial charge in [-0.3, -0.25) is 4.99 Å². The Morgan fingerprint density at radius 3 is 2.55 bits per heavy atom. The molecule has 0 bridgehead atoms. The monoisotopic (exact) mass is 297 g/mol. The van der Waals surface area contributed by atoms with Crippen molar-refractivity contribution in [2.24, 2.45) is 10.7 Å². The van der Waals surface area contributed by atoms with Crippen molar-refractivity contribution in [1.29, 1.82) is 0 Å². The predicted octanol–water partition coefficient (Wildman–Crippen LogP) is 0.908. The molecule has 0 aliphatic carbocycles. The molecule has 1 aromatic carbocycles. The van der Waals surface area contributed by atoms with E-state index in [4.69, 9.17) is 5.73 Å². The lowest BCUT2D eigenvalue weighted by Crippen LogP contribution is -2.56. The topological polar surface area (TPSA) is 75.8 Å². The molecule has 0 saturated carbocycles. The molecule has 1 fully saturated rings. The number of sulfone groups is 1. The lowest BCUT2D eigenvalue weighted by atomic mass is 9.90. The van der Waals surface area contributed by atoms with E-state index in [0.29, 0.717) is 25.1 Å². The molecule has 0 aromatic heterocycles. The molecule has 0 atom stereocenters. The van der Waals surface area contributed by atoms with Crippen molar-refractivity contribution in [3.63, 3.8) is 0 Å². The van der Waals surface area contributed by atoms with E-state index in [1.807, 2.05) is 0 Å². The Labute approximate surface area is 117 Å². The number of anilines is 1. The van der Waals surface area contributed by atoms with Gasteiger partial charge in [0.25, 0.3) is 0 Å². The first-order chi connectivity index (χ1) is 9.44. The van der Waals surface area contributed by atoms with Crippen molar-refractivity contribution in [1.82, 2.24) is 0 Å².